The van der Waals surface area contributed by atoms with Gasteiger partial charge < -0.3 is 14.5 Å². The molecule has 4 heteroatoms. The monoisotopic (exact) mass is 1040 g/mol. The van der Waals surface area contributed by atoms with Gasteiger partial charge in [0.05, 0.1) is 12.2 Å². The second kappa shape index (κ2) is 30.5. The second-order valence-electron chi connectivity index (χ2n) is 27.2. The van der Waals surface area contributed by atoms with Crippen LogP contribution in [-0.4, -0.2) is 69.2 Å². The summed E-state index contributed by atoms with van der Waals surface area (Å²) in [6.07, 6.45) is 70.3. The molecule has 0 N–H and O–H groups in total. The molecule has 0 aromatic heterocycles. The summed E-state index contributed by atoms with van der Waals surface area (Å²) in [4.78, 5) is 8.99. The summed E-state index contributed by atoms with van der Waals surface area (Å²) >= 11 is 0. The van der Waals surface area contributed by atoms with Crippen LogP contribution in [0.25, 0.3) is 0 Å². The predicted molar refractivity (Wildman–Crippen MR) is 328 cm³/mol. The minimum Gasteiger partial charge on any atom is -0.374 e. The van der Waals surface area contributed by atoms with Gasteiger partial charge in [0.25, 0.3) is 0 Å². The fraction of sp³-hybridized carbons (Fsp3) is 0.806. The standard InChI is InChI=1S/C72H119N3O/c1-10-15-31-62-52-73(70(55(62)8)39-17-12-3)63(14-5)34-23-21-29-57-30-25-35-64(46-41-57)75(66-49-44-59(45-50-66)68-37-26-38-69-67(36-16-11-2)56(9)76-72(68)69)65-47-42-58(43-48-65)61(27-13-4)51-54(7)74-53(6)28-19-18-20-32-60-33-22-24-40-71(60)74/h11,14,22,26,33,37,44,46,49,52-61,63,65-72H,2,5,10,12-13,15-21,23-25,27-32,34-36,38-43,45,47-48,50-51H2,1,3-4,6-9H3/t53?,54?,55?,56-,57?,58?,59?,60?,61?,63?,65?,66?,67?,68?,69?,70?,71?,72?/m1/s1. The molecule has 4 nitrogen and oxygen atoms in total. The number of hydrogen-bond acceptors (Lipinski definition) is 4. The van der Waals surface area contributed by atoms with E-state index in [4.69, 9.17) is 4.74 Å². The Balaban J connectivity index is 0.937. The van der Waals surface area contributed by atoms with Gasteiger partial charge in [-0.25, -0.2) is 0 Å². The Hall–Kier alpha value is -2.30. The zero-order valence-corrected chi connectivity index (χ0v) is 50.7. The first kappa shape index (κ1) is 59.8. The molecule has 3 aliphatic heterocycles. The lowest BCUT2D eigenvalue weighted by molar-refractivity contribution is -0.000636. The maximum Gasteiger partial charge on any atom is 0.0681 e. The van der Waals surface area contributed by atoms with Gasteiger partial charge in [0, 0.05) is 53.9 Å². The molecule has 2 saturated heterocycles. The van der Waals surface area contributed by atoms with Gasteiger partial charge in [-0.15, -0.1) is 13.2 Å². The van der Waals surface area contributed by atoms with Crippen molar-refractivity contribution < 1.29 is 4.74 Å². The first-order valence-corrected chi connectivity index (χ1v) is 33.8. The van der Waals surface area contributed by atoms with E-state index in [1.54, 1.807) is 11.3 Å². The third-order valence-corrected chi connectivity index (χ3v) is 22.3. The maximum atomic E-state index is 6.94. The molecule has 0 aromatic carbocycles. The van der Waals surface area contributed by atoms with E-state index in [1.165, 1.54) is 205 Å². The van der Waals surface area contributed by atoms with Crippen molar-refractivity contribution in [3.05, 3.63) is 85.3 Å². The van der Waals surface area contributed by atoms with Gasteiger partial charge in [-0.2, -0.15) is 0 Å². The van der Waals surface area contributed by atoms with Crippen molar-refractivity contribution in [1.29, 1.82) is 0 Å². The number of hydrogen-bond donors (Lipinski definition) is 0. The van der Waals surface area contributed by atoms with Crippen LogP contribution in [0.15, 0.2) is 85.3 Å². The van der Waals surface area contributed by atoms with E-state index in [-0.39, 0.29) is 0 Å². The zero-order chi connectivity index (χ0) is 53.4. The van der Waals surface area contributed by atoms with Crippen molar-refractivity contribution in [3.63, 3.8) is 0 Å². The fourth-order valence-corrected chi connectivity index (χ4v) is 18.1. The van der Waals surface area contributed by atoms with Gasteiger partial charge in [-0.05, 0) is 221 Å². The van der Waals surface area contributed by atoms with Crippen LogP contribution >= 0.6 is 0 Å². The Labute approximate surface area is 470 Å². The Bertz CT molecular complexity index is 1880. The molecule has 3 heterocycles. The average molecular weight is 1040 g/mol. The number of allylic oxidation sites excluding steroid dienone is 6. The number of ether oxygens (including phenoxy) is 1. The highest BCUT2D eigenvalue weighted by Gasteiger charge is 2.48. The van der Waals surface area contributed by atoms with Crippen LogP contribution in [0.5, 0.6) is 0 Å². The van der Waals surface area contributed by atoms with Crippen molar-refractivity contribution in [2.75, 3.05) is 0 Å². The van der Waals surface area contributed by atoms with Crippen LogP contribution in [0, 0.1) is 53.3 Å². The van der Waals surface area contributed by atoms with Gasteiger partial charge in [0.2, 0.25) is 0 Å². The van der Waals surface area contributed by atoms with Crippen molar-refractivity contribution >= 4 is 0 Å². The molecule has 1 saturated carbocycles. The molecule has 8 rings (SSSR count). The molecule has 0 aromatic rings. The quantitative estimate of drug-likeness (QED) is 0.0635. The van der Waals surface area contributed by atoms with Crippen LogP contribution in [0.3, 0.4) is 0 Å². The molecule has 0 amide bonds. The summed E-state index contributed by atoms with van der Waals surface area (Å²) in [6, 6.07) is 4.45. The molecule has 76 heavy (non-hydrogen) atoms. The van der Waals surface area contributed by atoms with Crippen LogP contribution < -0.4 is 0 Å². The fourth-order valence-electron chi connectivity index (χ4n) is 18.1. The molecular weight excluding hydrogens is 923 g/mol. The normalized spacial score (nSPS) is 36.4. The second-order valence-corrected chi connectivity index (χ2v) is 27.2. The van der Waals surface area contributed by atoms with Crippen LogP contribution in [-0.2, 0) is 4.74 Å². The Morgan fingerprint density at radius 1 is 0.750 bits per heavy atom. The number of unbranched alkanes of at least 4 members (excludes halogenated alkanes) is 3. The number of rotatable bonds is 26. The van der Waals surface area contributed by atoms with Crippen molar-refractivity contribution in [3.8, 4) is 0 Å². The van der Waals surface area contributed by atoms with Crippen molar-refractivity contribution in [2.45, 2.75) is 315 Å². The van der Waals surface area contributed by atoms with Crippen molar-refractivity contribution in [1.82, 2.24) is 14.7 Å². The third kappa shape index (κ3) is 15.2. The van der Waals surface area contributed by atoms with Gasteiger partial charge >= 0.3 is 0 Å². The van der Waals surface area contributed by atoms with Crippen LogP contribution in [0.4, 0.5) is 0 Å². The van der Waals surface area contributed by atoms with E-state index in [0.717, 1.165) is 36.1 Å². The summed E-state index contributed by atoms with van der Waals surface area (Å²) in [5.74, 6) is 6.42. The molecule has 3 fully saturated rings. The minimum atomic E-state index is 0.357. The molecule has 5 aliphatic carbocycles. The van der Waals surface area contributed by atoms with Gasteiger partial charge in [0.15, 0.2) is 0 Å². The SMILES string of the molecule is C=CCCC1C2CC=CC(C3C=CC(N(C4=CCC(CCCCC(C=C)N5C=C(CCCC)C(C)C5CCCC)CCC4)C4CCC(C(CCC)CC(C)N5C(C)CCCCCC6C=CCCC65)CC4)CC3)C2O[C@@H]1C. The van der Waals surface area contributed by atoms with Crippen LogP contribution in [0.1, 0.15) is 260 Å². The lowest BCUT2D eigenvalue weighted by Crippen LogP contribution is -2.51. The molecule has 16 atom stereocenters. The van der Waals surface area contributed by atoms with E-state index in [9.17, 15) is 0 Å². The van der Waals surface area contributed by atoms with Crippen molar-refractivity contribution in [2.24, 2.45) is 53.3 Å². The molecular formula is C72H119N3O. The van der Waals surface area contributed by atoms with E-state index in [2.05, 4.69) is 137 Å². The Kier molecular flexibility index (Phi) is 24.0. The summed E-state index contributed by atoms with van der Waals surface area (Å²) in [5.41, 5.74) is 3.43. The number of nitrogens with zero attached hydrogens (tertiary/aromatic N) is 3. The number of fused-ring (bicyclic) bond motifs is 2. The predicted octanol–water partition coefficient (Wildman–Crippen LogP) is 19.7. The summed E-state index contributed by atoms with van der Waals surface area (Å²) in [7, 11) is 0. The molecule has 428 valence electrons. The smallest absolute Gasteiger partial charge is 0.0681 e. The molecule has 0 spiro atoms. The third-order valence-electron chi connectivity index (χ3n) is 22.3. The first-order valence-electron chi connectivity index (χ1n) is 33.8. The first-order chi connectivity index (χ1) is 37.2. The van der Waals surface area contributed by atoms with E-state index >= 15 is 0 Å². The summed E-state index contributed by atoms with van der Waals surface area (Å²) < 4.78 is 6.94. The average Bonchev–Trinajstić information content (AvgIpc) is 3.88. The lowest BCUT2D eigenvalue weighted by atomic mass is 9.69. The highest BCUT2D eigenvalue weighted by molar-refractivity contribution is 5.20. The van der Waals surface area contributed by atoms with E-state index in [1.807, 2.05) is 0 Å². The van der Waals surface area contributed by atoms with E-state index < -0.39 is 0 Å². The topological polar surface area (TPSA) is 19.0 Å². The summed E-state index contributed by atoms with van der Waals surface area (Å²) in [5, 5.41) is 0. The Morgan fingerprint density at radius 2 is 1.58 bits per heavy atom. The molecule has 8 aliphatic rings. The minimum absolute atomic E-state index is 0.357. The lowest BCUT2D eigenvalue weighted by Gasteiger charge is -2.48. The molecule has 15 unspecified atom stereocenters. The molecule has 0 bridgehead atoms. The largest absolute Gasteiger partial charge is 0.374 e. The molecule has 0 radical (unpaired) electrons. The van der Waals surface area contributed by atoms with Gasteiger partial charge in [-0.1, -0.05) is 153 Å². The highest BCUT2D eigenvalue weighted by Crippen LogP contribution is 2.49. The van der Waals surface area contributed by atoms with Gasteiger partial charge in [0.1, 0.15) is 0 Å². The zero-order valence-electron chi connectivity index (χ0n) is 50.7. The van der Waals surface area contributed by atoms with Gasteiger partial charge in [-0.3, -0.25) is 4.90 Å². The van der Waals surface area contributed by atoms with E-state index in [0.29, 0.717) is 78.0 Å². The highest BCUT2D eigenvalue weighted by atomic mass is 16.5. The Morgan fingerprint density at radius 3 is 2.34 bits per heavy atom. The van der Waals surface area contributed by atoms with Crippen LogP contribution in [0.2, 0.25) is 0 Å². The maximum absolute atomic E-state index is 6.94. The summed E-state index contributed by atoms with van der Waals surface area (Å²) in [6.45, 7) is 25.8.